The van der Waals surface area contributed by atoms with Gasteiger partial charge in [-0.2, -0.15) is 12.6 Å². The number of carboxylic acids is 1. The predicted octanol–water partition coefficient (Wildman–Crippen LogP) is -0.744. The molecule has 11 heteroatoms. The summed E-state index contributed by atoms with van der Waals surface area (Å²) in [5.41, 5.74) is 5.66. The van der Waals surface area contributed by atoms with E-state index < -0.39 is 54.0 Å². The molecule has 0 rings (SSSR count). The maximum Gasteiger partial charge on any atom is 0.328 e. The largest absolute Gasteiger partial charge is 0.480 e. The van der Waals surface area contributed by atoms with Gasteiger partial charge in [-0.1, -0.05) is 34.1 Å². The van der Waals surface area contributed by atoms with Crippen molar-refractivity contribution in [3.8, 4) is 0 Å². The molecule has 0 aliphatic carbocycles. The highest BCUT2D eigenvalue weighted by molar-refractivity contribution is 7.80. The first-order valence-corrected chi connectivity index (χ1v) is 10.7. The van der Waals surface area contributed by atoms with Crippen molar-refractivity contribution in [1.29, 1.82) is 0 Å². The molecule has 0 aromatic carbocycles. The number of hydrogen-bond acceptors (Lipinski definition) is 7. The monoisotopic (exact) mass is 448 g/mol. The van der Waals surface area contributed by atoms with Crippen molar-refractivity contribution in [2.75, 3.05) is 5.75 Å². The molecule has 0 aliphatic heterocycles. The Balaban J connectivity index is 5.52. The number of rotatable bonds is 13. The average molecular weight is 449 g/mol. The number of aliphatic hydroxyl groups is 1. The Hall–Kier alpha value is -1.85. The van der Waals surface area contributed by atoms with E-state index in [2.05, 4.69) is 28.6 Å². The van der Waals surface area contributed by atoms with Crippen molar-refractivity contribution in [1.82, 2.24) is 16.0 Å². The fourth-order valence-corrected chi connectivity index (χ4v) is 2.82. The van der Waals surface area contributed by atoms with Crippen LogP contribution >= 0.6 is 12.6 Å². The molecule has 174 valence electrons. The number of aliphatic carboxylic acids is 1. The number of hydrogen-bond donors (Lipinski definition) is 7. The minimum absolute atomic E-state index is 0.0655. The van der Waals surface area contributed by atoms with E-state index in [4.69, 9.17) is 5.73 Å². The summed E-state index contributed by atoms with van der Waals surface area (Å²) in [7, 11) is 0. The summed E-state index contributed by atoms with van der Waals surface area (Å²) >= 11 is 3.98. The number of nitrogens with two attached hydrogens (primary N) is 1. The zero-order valence-corrected chi connectivity index (χ0v) is 19.1. The zero-order chi connectivity index (χ0) is 23.6. The fraction of sp³-hybridized carbons (Fsp3) is 0.789. The first-order valence-electron chi connectivity index (χ1n) is 10.0. The van der Waals surface area contributed by atoms with Crippen molar-refractivity contribution in [2.24, 2.45) is 17.6 Å². The molecule has 0 aliphatic rings. The van der Waals surface area contributed by atoms with E-state index in [9.17, 15) is 29.4 Å². The molecule has 6 atom stereocenters. The minimum Gasteiger partial charge on any atom is -0.480 e. The topological polar surface area (TPSA) is 171 Å². The van der Waals surface area contributed by atoms with E-state index in [-0.39, 0.29) is 17.6 Å². The van der Waals surface area contributed by atoms with E-state index in [0.717, 1.165) is 0 Å². The molecule has 0 aromatic heterocycles. The number of carbonyl (C=O) groups excluding carboxylic acids is 3. The van der Waals surface area contributed by atoms with Crippen molar-refractivity contribution in [3.05, 3.63) is 0 Å². The third-order valence-electron chi connectivity index (χ3n) is 4.71. The molecule has 0 radical (unpaired) electrons. The summed E-state index contributed by atoms with van der Waals surface area (Å²) in [5.74, 6) is -3.38. The maximum atomic E-state index is 12.9. The van der Waals surface area contributed by atoms with Crippen molar-refractivity contribution in [3.63, 3.8) is 0 Å². The lowest BCUT2D eigenvalue weighted by Crippen LogP contribution is -2.60. The molecule has 6 unspecified atom stereocenters. The van der Waals surface area contributed by atoms with Gasteiger partial charge in [0.05, 0.1) is 12.1 Å². The van der Waals surface area contributed by atoms with Crippen molar-refractivity contribution >= 4 is 36.3 Å². The number of thiol groups is 1. The quantitative estimate of drug-likeness (QED) is 0.182. The molecule has 0 heterocycles. The SMILES string of the molecule is CCC(C)C(NC(=O)C(CC(C)C)NC(=O)C(N)CS)C(=O)NC(C(=O)O)C(C)O. The van der Waals surface area contributed by atoms with Crippen molar-refractivity contribution in [2.45, 2.75) is 77.7 Å². The highest BCUT2D eigenvalue weighted by Gasteiger charge is 2.34. The summed E-state index contributed by atoms with van der Waals surface area (Å²) in [6, 6.07) is -4.37. The Morgan fingerprint density at radius 2 is 1.47 bits per heavy atom. The van der Waals surface area contributed by atoms with E-state index >= 15 is 0 Å². The molecule has 0 bridgehead atoms. The van der Waals surface area contributed by atoms with Crippen LogP contribution in [0.25, 0.3) is 0 Å². The summed E-state index contributed by atoms with van der Waals surface area (Å²) in [6.07, 6.45) is -0.483. The second-order valence-electron chi connectivity index (χ2n) is 7.92. The number of aliphatic hydroxyl groups excluding tert-OH is 1. The predicted molar refractivity (Wildman–Crippen MR) is 116 cm³/mol. The van der Waals surface area contributed by atoms with Crippen LogP contribution < -0.4 is 21.7 Å². The lowest BCUT2D eigenvalue weighted by Gasteiger charge is -2.29. The van der Waals surface area contributed by atoms with Gasteiger partial charge in [0, 0.05) is 5.75 Å². The molecule has 30 heavy (non-hydrogen) atoms. The van der Waals surface area contributed by atoms with Crippen LogP contribution in [0.2, 0.25) is 0 Å². The summed E-state index contributed by atoms with van der Waals surface area (Å²) < 4.78 is 0. The van der Waals surface area contributed by atoms with E-state index in [0.29, 0.717) is 12.8 Å². The van der Waals surface area contributed by atoms with Crippen LogP contribution in [0.4, 0.5) is 0 Å². The van der Waals surface area contributed by atoms with Crippen LogP contribution in [0.5, 0.6) is 0 Å². The molecule has 0 saturated carbocycles. The lowest BCUT2D eigenvalue weighted by atomic mass is 9.96. The van der Waals surface area contributed by atoms with E-state index in [1.807, 2.05) is 20.8 Å². The number of carbonyl (C=O) groups is 4. The van der Waals surface area contributed by atoms with Gasteiger partial charge in [-0.05, 0) is 25.2 Å². The Morgan fingerprint density at radius 1 is 0.933 bits per heavy atom. The van der Waals surface area contributed by atoms with Crippen LogP contribution in [0.15, 0.2) is 0 Å². The molecule has 0 fully saturated rings. The molecule has 0 saturated heterocycles. The van der Waals surface area contributed by atoms with Crippen LogP contribution in [0, 0.1) is 11.8 Å². The minimum atomic E-state index is -1.51. The summed E-state index contributed by atoms with van der Waals surface area (Å²) in [5, 5.41) is 26.3. The standard InChI is InChI=1S/C19H36N4O6S/c1-6-10(4)14(18(27)23-15(11(5)24)19(28)29)22-17(26)13(7-9(2)3)21-16(25)12(20)8-30/h9-15,24,30H,6-8,20H2,1-5H3,(H,21,25)(H,22,26)(H,23,27)(H,28,29). The van der Waals surface area contributed by atoms with E-state index in [1.54, 1.807) is 6.92 Å². The molecule has 7 N–H and O–H groups in total. The van der Waals surface area contributed by atoms with Gasteiger partial charge in [-0.15, -0.1) is 0 Å². The van der Waals surface area contributed by atoms with Gasteiger partial charge < -0.3 is 31.9 Å². The van der Waals surface area contributed by atoms with E-state index in [1.165, 1.54) is 6.92 Å². The molecule has 0 aromatic rings. The van der Waals surface area contributed by atoms with Crippen LogP contribution in [0.1, 0.15) is 47.5 Å². The maximum absolute atomic E-state index is 12.9. The van der Waals surface area contributed by atoms with Crippen LogP contribution in [-0.4, -0.2) is 69.9 Å². The fourth-order valence-electron chi connectivity index (χ4n) is 2.65. The summed E-state index contributed by atoms with van der Waals surface area (Å²) in [6.45, 7) is 8.55. The highest BCUT2D eigenvalue weighted by atomic mass is 32.1. The molecule has 10 nitrogen and oxygen atoms in total. The zero-order valence-electron chi connectivity index (χ0n) is 18.2. The van der Waals surface area contributed by atoms with Gasteiger partial charge in [0.15, 0.2) is 6.04 Å². The van der Waals surface area contributed by atoms with Crippen LogP contribution in [0.3, 0.4) is 0 Å². The Kier molecular flexibility index (Phi) is 12.6. The lowest BCUT2D eigenvalue weighted by molar-refractivity contribution is -0.145. The second-order valence-corrected chi connectivity index (χ2v) is 8.28. The number of amides is 3. The average Bonchev–Trinajstić information content (AvgIpc) is 2.66. The third kappa shape index (κ3) is 9.31. The highest BCUT2D eigenvalue weighted by Crippen LogP contribution is 2.11. The van der Waals surface area contributed by atoms with Gasteiger partial charge >= 0.3 is 5.97 Å². The Labute approximate surface area is 183 Å². The number of nitrogens with one attached hydrogen (secondary N) is 3. The van der Waals surface area contributed by atoms with Gasteiger partial charge in [-0.25, -0.2) is 4.79 Å². The first-order chi connectivity index (χ1) is 13.8. The van der Waals surface area contributed by atoms with Gasteiger partial charge in [0.25, 0.3) is 0 Å². The normalized spacial score (nSPS) is 17.2. The summed E-state index contributed by atoms with van der Waals surface area (Å²) in [4.78, 5) is 49.0. The van der Waals surface area contributed by atoms with Crippen LogP contribution in [-0.2, 0) is 19.2 Å². The first kappa shape index (κ1) is 28.1. The molecular weight excluding hydrogens is 412 g/mol. The third-order valence-corrected chi connectivity index (χ3v) is 5.11. The van der Waals surface area contributed by atoms with Gasteiger partial charge in [0.2, 0.25) is 17.7 Å². The molecule has 0 spiro atoms. The molecular formula is C19H36N4O6S. The van der Waals surface area contributed by atoms with Gasteiger partial charge in [-0.3, -0.25) is 14.4 Å². The second kappa shape index (κ2) is 13.5. The number of carboxylic acid groups (broad SMARTS) is 1. The Morgan fingerprint density at radius 3 is 1.87 bits per heavy atom. The van der Waals surface area contributed by atoms with Gasteiger partial charge in [0.1, 0.15) is 12.1 Å². The smallest absolute Gasteiger partial charge is 0.328 e. The van der Waals surface area contributed by atoms with Crippen molar-refractivity contribution < 1.29 is 29.4 Å². The molecule has 3 amide bonds. The Bertz CT molecular complexity index is 602.